The molecule has 33 heavy (non-hydrogen) atoms. The van der Waals surface area contributed by atoms with Crippen molar-refractivity contribution < 1.29 is 23.4 Å². The van der Waals surface area contributed by atoms with Gasteiger partial charge in [0.2, 0.25) is 0 Å². The summed E-state index contributed by atoms with van der Waals surface area (Å²) >= 11 is 18.1. The van der Waals surface area contributed by atoms with Crippen molar-refractivity contribution in [3.05, 3.63) is 74.6 Å². The number of anilines is 1. The summed E-state index contributed by atoms with van der Waals surface area (Å²) in [5.74, 6) is 1.54. The van der Waals surface area contributed by atoms with Crippen LogP contribution >= 0.6 is 34.8 Å². The Hall–Kier alpha value is -3.31. The first-order valence-electron chi connectivity index (χ1n) is 9.62. The molecule has 2 aromatic carbocycles. The van der Waals surface area contributed by atoms with E-state index in [9.17, 15) is 10.1 Å². The summed E-state index contributed by atoms with van der Waals surface area (Å²) in [4.78, 5) is 12.6. The lowest BCUT2D eigenvalue weighted by Crippen LogP contribution is -2.17. The van der Waals surface area contributed by atoms with Crippen molar-refractivity contribution in [2.24, 2.45) is 0 Å². The molecule has 0 saturated heterocycles. The number of nitrogens with zero attached hydrogens (tertiary/aromatic N) is 1. The molecule has 1 aliphatic rings. The van der Waals surface area contributed by atoms with E-state index in [-0.39, 0.29) is 28.0 Å². The predicted molar refractivity (Wildman–Crippen MR) is 124 cm³/mol. The molecule has 10 heteroatoms. The van der Waals surface area contributed by atoms with E-state index in [1.165, 1.54) is 18.2 Å². The van der Waals surface area contributed by atoms with Gasteiger partial charge in [0, 0.05) is 22.9 Å². The summed E-state index contributed by atoms with van der Waals surface area (Å²) in [7, 11) is 0. The largest absolute Gasteiger partial charge is 0.486 e. The number of rotatable bonds is 6. The van der Waals surface area contributed by atoms with Gasteiger partial charge in [-0.2, -0.15) is 5.26 Å². The molecular weight excluding hydrogens is 491 g/mol. The number of hydrogen-bond acceptors (Lipinski definition) is 6. The second-order valence-corrected chi connectivity index (χ2v) is 8.02. The predicted octanol–water partition coefficient (Wildman–Crippen LogP) is 6.14. The first kappa shape index (κ1) is 22.9. The number of halogens is 3. The Kier molecular flexibility index (Phi) is 6.99. The van der Waals surface area contributed by atoms with Crippen LogP contribution in [0.4, 0.5) is 5.69 Å². The van der Waals surface area contributed by atoms with Gasteiger partial charge in [0.25, 0.3) is 5.91 Å². The molecule has 1 N–H and O–H groups in total. The van der Waals surface area contributed by atoms with Crippen LogP contribution in [0.5, 0.6) is 17.2 Å². The number of carbonyl (C=O) groups is 1. The Bertz CT molecular complexity index is 1260. The summed E-state index contributed by atoms with van der Waals surface area (Å²) in [5, 5.41) is 13.0. The van der Waals surface area contributed by atoms with Crippen molar-refractivity contribution in [1.29, 1.82) is 5.26 Å². The Labute approximate surface area is 204 Å². The molecule has 168 valence electrons. The molecule has 1 aromatic heterocycles. The molecule has 0 unspecified atom stereocenters. The number of hydrogen-bond donors (Lipinski definition) is 1. The molecule has 0 aliphatic carbocycles. The van der Waals surface area contributed by atoms with Gasteiger partial charge in [-0.1, -0.05) is 34.8 Å². The minimum absolute atomic E-state index is 0.0280. The maximum atomic E-state index is 12.6. The first-order chi connectivity index (χ1) is 15.9. The fourth-order valence-electron chi connectivity index (χ4n) is 2.97. The molecular formula is C23H15Cl3N2O5. The van der Waals surface area contributed by atoms with Crippen molar-refractivity contribution in [3.63, 3.8) is 0 Å². The van der Waals surface area contributed by atoms with Gasteiger partial charge in [0.15, 0.2) is 17.2 Å². The molecule has 0 radical (unpaired) electrons. The zero-order valence-electron chi connectivity index (χ0n) is 16.9. The van der Waals surface area contributed by atoms with E-state index in [1.807, 2.05) is 6.07 Å². The molecule has 0 fully saturated rings. The van der Waals surface area contributed by atoms with Crippen LogP contribution in [0.1, 0.15) is 11.5 Å². The van der Waals surface area contributed by atoms with Gasteiger partial charge in [-0.15, -0.1) is 0 Å². The van der Waals surface area contributed by atoms with Gasteiger partial charge in [-0.3, -0.25) is 4.79 Å². The van der Waals surface area contributed by atoms with E-state index < -0.39 is 5.91 Å². The zero-order valence-corrected chi connectivity index (χ0v) is 19.1. The van der Waals surface area contributed by atoms with Crippen LogP contribution in [0.3, 0.4) is 0 Å². The van der Waals surface area contributed by atoms with E-state index in [0.29, 0.717) is 46.9 Å². The Morgan fingerprint density at radius 2 is 1.79 bits per heavy atom. The van der Waals surface area contributed by atoms with Gasteiger partial charge >= 0.3 is 0 Å². The molecule has 2 heterocycles. The number of nitriles is 1. The third kappa shape index (κ3) is 5.55. The van der Waals surface area contributed by atoms with E-state index in [1.54, 1.807) is 30.3 Å². The molecule has 1 amide bonds. The number of carbonyl (C=O) groups excluding carboxylic acids is 1. The summed E-state index contributed by atoms with van der Waals surface area (Å²) in [6, 6.07) is 13.2. The van der Waals surface area contributed by atoms with Gasteiger partial charge in [-0.25, -0.2) is 0 Å². The van der Waals surface area contributed by atoms with Gasteiger partial charge in [-0.05, 0) is 36.4 Å². The molecule has 1 aliphatic heterocycles. The molecule has 0 atom stereocenters. The fraction of sp³-hybridized carbons (Fsp3) is 0.130. The summed E-state index contributed by atoms with van der Waals surface area (Å²) in [5.41, 5.74) is 0.325. The summed E-state index contributed by atoms with van der Waals surface area (Å²) in [6.45, 7) is 0.922. The lowest BCUT2D eigenvalue weighted by molar-refractivity contribution is -0.112. The Morgan fingerprint density at radius 3 is 2.52 bits per heavy atom. The normalized spacial score (nSPS) is 12.7. The molecule has 0 spiro atoms. The zero-order chi connectivity index (χ0) is 23.4. The van der Waals surface area contributed by atoms with Crippen LogP contribution in [-0.4, -0.2) is 19.1 Å². The highest BCUT2D eigenvalue weighted by molar-refractivity contribution is 6.40. The second kappa shape index (κ2) is 10.1. The van der Waals surface area contributed by atoms with Crippen LogP contribution < -0.4 is 19.5 Å². The topological polar surface area (TPSA) is 93.7 Å². The van der Waals surface area contributed by atoms with Crippen molar-refractivity contribution >= 4 is 52.5 Å². The summed E-state index contributed by atoms with van der Waals surface area (Å²) < 4.78 is 22.2. The minimum Gasteiger partial charge on any atom is -0.486 e. The number of nitrogens with one attached hydrogen (secondary N) is 1. The summed E-state index contributed by atoms with van der Waals surface area (Å²) in [6.07, 6.45) is 1.33. The monoisotopic (exact) mass is 504 g/mol. The average Bonchev–Trinajstić information content (AvgIpc) is 3.24. The quantitative estimate of drug-likeness (QED) is 0.320. The highest BCUT2D eigenvalue weighted by atomic mass is 35.5. The number of furan rings is 1. The smallest absolute Gasteiger partial charge is 0.266 e. The number of benzene rings is 2. The highest BCUT2D eigenvalue weighted by Gasteiger charge is 2.16. The van der Waals surface area contributed by atoms with Crippen molar-refractivity contribution in [1.82, 2.24) is 0 Å². The maximum Gasteiger partial charge on any atom is 0.266 e. The van der Waals surface area contributed by atoms with E-state index >= 15 is 0 Å². The van der Waals surface area contributed by atoms with Crippen molar-refractivity contribution in [3.8, 4) is 23.3 Å². The minimum atomic E-state index is -0.594. The number of ether oxygens (including phenoxy) is 3. The Morgan fingerprint density at radius 1 is 1.06 bits per heavy atom. The van der Waals surface area contributed by atoms with Crippen LogP contribution in [0.2, 0.25) is 15.1 Å². The van der Waals surface area contributed by atoms with Crippen LogP contribution in [0.25, 0.3) is 6.08 Å². The lowest BCUT2D eigenvalue weighted by atomic mass is 10.2. The molecule has 0 saturated carbocycles. The standard InChI is InChI=1S/C23H15Cl3N2O5/c24-14-8-18(25)22(19(26)9-14)32-12-17-3-2-16(33-17)7-13(11-27)23(29)28-15-1-4-20-21(10-15)31-6-5-30-20/h1-4,7-10H,5-6,12H2,(H,28,29). The molecule has 7 nitrogen and oxygen atoms in total. The maximum absolute atomic E-state index is 12.6. The first-order valence-corrected chi connectivity index (χ1v) is 10.7. The SMILES string of the molecule is N#CC(=Cc1ccc(COc2c(Cl)cc(Cl)cc2Cl)o1)C(=O)Nc1ccc2c(c1)OCCO2. The number of fused-ring (bicyclic) bond motifs is 1. The number of amides is 1. The van der Waals surface area contributed by atoms with Crippen LogP contribution in [0.15, 0.2) is 52.5 Å². The lowest BCUT2D eigenvalue weighted by Gasteiger charge is -2.18. The van der Waals surface area contributed by atoms with E-state index in [0.717, 1.165) is 0 Å². The molecule has 4 rings (SSSR count). The van der Waals surface area contributed by atoms with E-state index in [2.05, 4.69) is 5.32 Å². The van der Waals surface area contributed by atoms with E-state index in [4.69, 9.17) is 53.4 Å². The van der Waals surface area contributed by atoms with Gasteiger partial charge < -0.3 is 23.9 Å². The third-order valence-corrected chi connectivity index (χ3v) is 5.24. The highest BCUT2D eigenvalue weighted by Crippen LogP contribution is 2.36. The van der Waals surface area contributed by atoms with Crippen LogP contribution in [0, 0.1) is 11.3 Å². The molecule has 3 aromatic rings. The molecule has 0 bridgehead atoms. The fourth-order valence-corrected chi connectivity index (χ4v) is 3.90. The average molecular weight is 506 g/mol. The second-order valence-electron chi connectivity index (χ2n) is 6.77. The van der Waals surface area contributed by atoms with Gasteiger partial charge in [0.05, 0.1) is 10.0 Å². The third-order valence-electron chi connectivity index (χ3n) is 4.46. The van der Waals surface area contributed by atoms with Gasteiger partial charge in [0.1, 0.15) is 43.0 Å². The van der Waals surface area contributed by atoms with Crippen molar-refractivity contribution in [2.75, 3.05) is 18.5 Å². The van der Waals surface area contributed by atoms with Crippen molar-refractivity contribution in [2.45, 2.75) is 6.61 Å². The van der Waals surface area contributed by atoms with Crippen LogP contribution in [-0.2, 0) is 11.4 Å². The Balaban J connectivity index is 1.42.